The molecule has 4 rings (SSSR count). The van der Waals surface area contributed by atoms with E-state index in [-0.39, 0.29) is 17.9 Å². The molecular weight excluding hydrogens is 334 g/mol. The zero-order valence-electron chi connectivity index (χ0n) is 14.9. The van der Waals surface area contributed by atoms with Crippen LogP contribution in [0.3, 0.4) is 0 Å². The summed E-state index contributed by atoms with van der Waals surface area (Å²) in [6.45, 7) is 4.65. The molecule has 0 spiro atoms. The summed E-state index contributed by atoms with van der Waals surface area (Å²) in [4.78, 5) is 22.5. The Morgan fingerprint density at radius 3 is 3.08 bits per heavy atom. The van der Waals surface area contributed by atoms with E-state index in [1.54, 1.807) is 19.3 Å². The minimum absolute atomic E-state index is 0.0880. The van der Waals surface area contributed by atoms with E-state index in [1.807, 2.05) is 6.07 Å². The summed E-state index contributed by atoms with van der Waals surface area (Å²) in [6.07, 6.45) is 6.48. The molecule has 1 aliphatic carbocycles. The first-order chi connectivity index (χ1) is 12.7. The maximum atomic E-state index is 11.9. The molecular formula is C18H23N5O3. The van der Waals surface area contributed by atoms with Gasteiger partial charge >= 0.3 is 0 Å². The van der Waals surface area contributed by atoms with Crippen molar-refractivity contribution in [1.82, 2.24) is 25.3 Å². The lowest BCUT2D eigenvalue weighted by Crippen LogP contribution is -2.27. The topological polar surface area (TPSA) is 93.4 Å². The van der Waals surface area contributed by atoms with Gasteiger partial charge in [-0.15, -0.1) is 0 Å². The zero-order chi connectivity index (χ0) is 17.9. The largest absolute Gasteiger partial charge is 0.487 e. The molecule has 138 valence electrons. The van der Waals surface area contributed by atoms with Gasteiger partial charge in [0.05, 0.1) is 12.7 Å². The van der Waals surface area contributed by atoms with Gasteiger partial charge in [0.2, 0.25) is 11.8 Å². The maximum absolute atomic E-state index is 11.9. The second-order valence-electron chi connectivity index (χ2n) is 6.97. The molecule has 1 N–H and O–H groups in total. The first-order valence-electron chi connectivity index (χ1n) is 9.06. The minimum atomic E-state index is 0.0880. The fourth-order valence-electron chi connectivity index (χ4n) is 3.16. The Hall–Kier alpha value is -2.48. The third-order valence-electron chi connectivity index (χ3n) is 4.73. The zero-order valence-corrected chi connectivity index (χ0v) is 14.9. The molecule has 2 aromatic rings. The molecule has 1 amide bonds. The van der Waals surface area contributed by atoms with Gasteiger partial charge in [0.1, 0.15) is 11.9 Å². The highest BCUT2D eigenvalue weighted by Crippen LogP contribution is 2.29. The van der Waals surface area contributed by atoms with Crippen LogP contribution in [0.1, 0.15) is 36.5 Å². The molecule has 0 aromatic carbocycles. The van der Waals surface area contributed by atoms with E-state index in [4.69, 9.17) is 9.26 Å². The molecule has 2 fully saturated rings. The van der Waals surface area contributed by atoms with Crippen molar-refractivity contribution in [2.45, 2.75) is 45.4 Å². The normalized spacial score (nSPS) is 20.3. The van der Waals surface area contributed by atoms with Crippen molar-refractivity contribution >= 4 is 5.91 Å². The van der Waals surface area contributed by atoms with Crippen molar-refractivity contribution in [3.63, 3.8) is 0 Å². The average molecular weight is 357 g/mol. The van der Waals surface area contributed by atoms with Gasteiger partial charge in [-0.05, 0) is 25.3 Å². The number of carbonyl (C=O) groups excluding carboxylic acids is 1. The van der Waals surface area contributed by atoms with Crippen molar-refractivity contribution in [1.29, 1.82) is 0 Å². The van der Waals surface area contributed by atoms with Crippen LogP contribution in [0.15, 0.2) is 23.0 Å². The van der Waals surface area contributed by atoms with Gasteiger partial charge in [-0.1, -0.05) is 5.16 Å². The van der Waals surface area contributed by atoms with Crippen LogP contribution >= 0.6 is 0 Å². The lowest BCUT2D eigenvalue weighted by atomic mass is 10.2. The summed E-state index contributed by atoms with van der Waals surface area (Å²) in [5, 5.41) is 6.93. The van der Waals surface area contributed by atoms with Crippen molar-refractivity contribution in [3.05, 3.63) is 35.7 Å². The summed E-state index contributed by atoms with van der Waals surface area (Å²) in [5.41, 5.74) is 0.959. The predicted octanol–water partition coefficient (Wildman–Crippen LogP) is 1.45. The maximum Gasteiger partial charge on any atom is 0.223 e. The molecule has 0 radical (unpaired) electrons. The van der Waals surface area contributed by atoms with Gasteiger partial charge < -0.3 is 14.6 Å². The monoisotopic (exact) mass is 357 g/mol. The number of likely N-dealkylation sites (tertiary alicyclic amines) is 1. The summed E-state index contributed by atoms with van der Waals surface area (Å²) in [6, 6.07) is 1.90. The van der Waals surface area contributed by atoms with Gasteiger partial charge in [0, 0.05) is 44.2 Å². The van der Waals surface area contributed by atoms with Crippen molar-refractivity contribution in [2.75, 3.05) is 13.1 Å². The van der Waals surface area contributed by atoms with E-state index in [0.717, 1.165) is 43.7 Å². The van der Waals surface area contributed by atoms with Gasteiger partial charge in [-0.3, -0.25) is 14.7 Å². The number of nitrogens with one attached hydrogen (secondary N) is 1. The van der Waals surface area contributed by atoms with E-state index < -0.39 is 0 Å². The Bertz CT molecular complexity index is 774. The first kappa shape index (κ1) is 17.0. The number of ether oxygens (including phenoxy) is 1. The summed E-state index contributed by atoms with van der Waals surface area (Å²) in [5.74, 6) is 2.37. The van der Waals surface area contributed by atoms with Crippen molar-refractivity contribution < 1.29 is 14.1 Å². The molecule has 26 heavy (non-hydrogen) atoms. The van der Waals surface area contributed by atoms with Crippen LogP contribution in [-0.2, 0) is 17.9 Å². The molecule has 8 nitrogen and oxygen atoms in total. The van der Waals surface area contributed by atoms with E-state index >= 15 is 0 Å². The van der Waals surface area contributed by atoms with Crippen LogP contribution in [0.4, 0.5) is 0 Å². The van der Waals surface area contributed by atoms with Crippen molar-refractivity contribution in [3.8, 4) is 5.75 Å². The minimum Gasteiger partial charge on any atom is -0.487 e. The molecule has 2 aromatic heterocycles. The smallest absolute Gasteiger partial charge is 0.223 e. The van der Waals surface area contributed by atoms with Crippen LogP contribution in [0.25, 0.3) is 0 Å². The number of rotatable bonds is 7. The number of hydrogen-bond acceptors (Lipinski definition) is 7. The second-order valence-corrected chi connectivity index (χ2v) is 6.97. The third-order valence-corrected chi connectivity index (χ3v) is 4.73. The summed E-state index contributed by atoms with van der Waals surface area (Å²) >= 11 is 0. The fraction of sp³-hybridized carbons (Fsp3) is 0.556. The molecule has 8 heteroatoms. The molecule has 1 aliphatic heterocycles. The van der Waals surface area contributed by atoms with E-state index in [1.165, 1.54) is 0 Å². The number of pyridine rings is 1. The molecule has 1 saturated carbocycles. The van der Waals surface area contributed by atoms with Gasteiger partial charge in [-0.25, -0.2) is 0 Å². The fourth-order valence-corrected chi connectivity index (χ4v) is 3.16. The SMILES string of the molecule is Cc1nc(CN2CC[C@H](Oc3cnccc3CNC(=O)C3CC3)C2)no1. The number of amides is 1. The Labute approximate surface area is 151 Å². The standard InChI is InChI=1S/C18H23N5O3/c1-12-21-17(22-26-12)11-23-7-5-15(10-23)25-16-9-19-6-4-14(16)8-20-18(24)13-2-3-13/h4,6,9,13,15H,2-3,5,7-8,10-11H2,1H3,(H,20,24)/t15-/m0/s1. The molecule has 0 unspecified atom stereocenters. The number of aryl methyl sites for hydroxylation is 1. The van der Waals surface area contributed by atoms with Gasteiger partial charge in [0.15, 0.2) is 5.82 Å². The first-order valence-corrected chi connectivity index (χ1v) is 9.06. The quantitative estimate of drug-likeness (QED) is 0.801. The predicted molar refractivity (Wildman–Crippen MR) is 92.2 cm³/mol. The van der Waals surface area contributed by atoms with Crippen LogP contribution in [0.5, 0.6) is 5.75 Å². The molecule has 2 aliphatic rings. The molecule has 1 atom stereocenters. The Balaban J connectivity index is 1.31. The highest BCUT2D eigenvalue weighted by Gasteiger charge is 2.29. The van der Waals surface area contributed by atoms with Gasteiger partial charge in [0.25, 0.3) is 0 Å². The number of hydrogen-bond donors (Lipinski definition) is 1. The Morgan fingerprint density at radius 2 is 2.31 bits per heavy atom. The van der Waals surface area contributed by atoms with E-state index in [0.29, 0.717) is 24.8 Å². The Kier molecular flexibility index (Phi) is 4.83. The second kappa shape index (κ2) is 7.41. The number of carbonyl (C=O) groups is 1. The van der Waals surface area contributed by atoms with Gasteiger partial charge in [-0.2, -0.15) is 4.98 Å². The number of nitrogens with zero attached hydrogens (tertiary/aromatic N) is 4. The van der Waals surface area contributed by atoms with Crippen molar-refractivity contribution in [2.24, 2.45) is 5.92 Å². The molecule has 3 heterocycles. The van der Waals surface area contributed by atoms with Crippen LogP contribution in [0, 0.1) is 12.8 Å². The Morgan fingerprint density at radius 1 is 1.42 bits per heavy atom. The highest BCUT2D eigenvalue weighted by molar-refractivity contribution is 5.80. The average Bonchev–Trinajstić information content (AvgIpc) is 3.28. The molecule has 0 bridgehead atoms. The molecule has 1 saturated heterocycles. The van der Waals surface area contributed by atoms with Crippen LogP contribution in [-0.4, -0.2) is 45.1 Å². The lowest BCUT2D eigenvalue weighted by Gasteiger charge is -2.17. The summed E-state index contributed by atoms with van der Waals surface area (Å²) in [7, 11) is 0. The number of aromatic nitrogens is 3. The van der Waals surface area contributed by atoms with E-state index in [9.17, 15) is 4.79 Å². The lowest BCUT2D eigenvalue weighted by molar-refractivity contribution is -0.122. The van der Waals surface area contributed by atoms with Crippen LogP contribution < -0.4 is 10.1 Å². The van der Waals surface area contributed by atoms with Crippen LogP contribution in [0.2, 0.25) is 0 Å². The third kappa shape index (κ3) is 4.19. The summed E-state index contributed by atoms with van der Waals surface area (Å²) < 4.78 is 11.2. The highest BCUT2D eigenvalue weighted by atomic mass is 16.5. The van der Waals surface area contributed by atoms with E-state index in [2.05, 4.69) is 25.3 Å².